The van der Waals surface area contributed by atoms with Crippen LogP contribution in [0.2, 0.25) is 0 Å². The van der Waals surface area contributed by atoms with Gasteiger partial charge in [0.1, 0.15) is 5.52 Å². The van der Waals surface area contributed by atoms with Crippen molar-refractivity contribution in [2.24, 2.45) is 0 Å². The summed E-state index contributed by atoms with van der Waals surface area (Å²) in [5.74, 6) is -0.735. The fourth-order valence-corrected chi connectivity index (χ4v) is 4.48. The first-order valence-electron chi connectivity index (χ1n) is 7.20. The predicted octanol–water partition coefficient (Wildman–Crippen LogP) is 3.02. The SMILES string of the molecule is CCn1cnc2c(N3CCCCS3(O)O)cc(C(=O)O)cc21. The second kappa shape index (κ2) is 5.45. The van der Waals surface area contributed by atoms with Crippen LogP contribution in [0.5, 0.6) is 0 Å². The Kier molecular flexibility index (Phi) is 3.75. The number of rotatable bonds is 3. The monoisotopic (exact) mass is 325 g/mol. The number of aromatic carboxylic acids is 1. The molecule has 0 atom stereocenters. The molecule has 2 aromatic rings. The highest BCUT2D eigenvalue weighted by atomic mass is 32.3. The number of hydrogen-bond acceptors (Lipinski definition) is 5. The van der Waals surface area contributed by atoms with Gasteiger partial charge < -0.3 is 9.67 Å². The molecule has 0 radical (unpaired) electrons. The van der Waals surface area contributed by atoms with E-state index in [0.29, 0.717) is 35.6 Å². The smallest absolute Gasteiger partial charge is 0.335 e. The molecule has 1 saturated heterocycles. The van der Waals surface area contributed by atoms with Crippen LogP contribution in [0.1, 0.15) is 30.1 Å². The Morgan fingerprint density at radius 1 is 1.36 bits per heavy atom. The molecule has 1 aliphatic heterocycles. The molecule has 120 valence electrons. The minimum Gasteiger partial charge on any atom is -0.478 e. The Morgan fingerprint density at radius 3 is 2.77 bits per heavy atom. The molecule has 0 aliphatic carbocycles. The van der Waals surface area contributed by atoms with Crippen molar-refractivity contribution in [3.63, 3.8) is 0 Å². The lowest BCUT2D eigenvalue weighted by molar-refractivity contribution is 0.0697. The number of carboxylic acids is 1. The molecule has 2 heterocycles. The summed E-state index contributed by atoms with van der Waals surface area (Å²) in [5, 5.41) is 9.33. The number of carboxylic acid groups (broad SMARTS) is 1. The lowest BCUT2D eigenvalue weighted by Crippen LogP contribution is -2.34. The van der Waals surface area contributed by atoms with Crippen LogP contribution in [0.25, 0.3) is 11.0 Å². The summed E-state index contributed by atoms with van der Waals surface area (Å²) < 4.78 is 24.0. The number of anilines is 1. The van der Waals surface area contributed by atoms with Gasteiger partial charge in [-0.05, 0) is 31.9 Å². The van der Waals surface area contributed by atoms with Crippen molar-refractivity contribution in [1.82, 2.24) is 9.55 Å². The number of hydrogen-bond donors (Lipinski definition) is 3. The van der Waals surface area contributed by atoms with Crippen LogP contribution in [0.3, 0.4) is 0 Å². The van der Waals surface area contributed by atoms with E-state index in [4.69, 9.17) is 0 Å². The summed E-state index contributed by atoms with van der Waals surface area (Å²) in [6, 6.07) is 3.06. The summed E-state index contributed by atoms with van der Waals surface area (Å²) in [6.45, 7) is 3.09. The molecule has 1 aromatic carbocycles. The molecule has 3 rings (SSSR count). The summed E-state index contributed by atoms with van der Waals surface area (Å²) in [6.07, 6.45) is 3.24. The quantitative estimate of drug-likeness (QED) is 0.802. The first-order valence-corrected chi connectivity index (χ1v) is 8.87. The van der Waals surface area contributed by atoms with Gasteiger partial charge >= 0.3 is 5.97 Å². The molecule has 0 amide bonds. The van der Waals surface area contributed by atoms with Crippen LogP contribution in [-0.2, 0) is 6.54 Å². The molecule has 1 aromatic heterocycles. The van der Waals surface area contributed by atoms with E-state index >= 15 is 0 Å². The highest BCUT2D eigenvalue weighted by Crippen LogP contribution is 2.51. The van der Waals surface area contributed by atoms with Crippen molar-refractivity contribution < 1.29 is 19.0 Å². The van der Waals surface area contributed by atoms with E-state index in [-0.39, 0.29) is 5.56 Å². The van der Waals surface area contributed by atoms with Gasteiger partial charge in [-0.25, -0.2) is 9.78 Å². The first-order chi connectivity index (χ1) is 10.4. The van der Waals surface area contributed by atoms with Gasteiger partial charge in [-0.1, -0.05) is 0 Å². The molecule has 7 nitrogen and oxygen atoms in total. The number of fused-ring (bicyclic) bond motifs is 1. The average Bonchev–Trinajstić information content (AvgIpc) is 2.89. The number of aryl methyl sites for hydroxylation is 1. The molecule has 0 unspecified atom stereocenters. The molecule has 1 fully saturated rings. The van der Waals surface area contributed by atoms with E-state index in [1.54, 1.807) is 12.4 Å². The summed E-state index contributed by atoms with van der Waals surface area (Å²) >= 11 is 0. The van der Waals surface area contributed by atoms with Crippen molar-refractivity contribution >= 4 is 33.5 Å². The van der Waals surface area contributed by atoms with Gasteiger partial charge in [-0.15, -0.1) is 10.8 Å². The largest absolute Gasteiger partial charge is 0.478 e. The van der Waals surface area contributed by atoms with E-state index in [1.807, 2.05) is 11.5 Å². The topological polar surface area (TPSA) is 98.8 Å². The molecule has 22 heavy (non-hydrogen) atoms. The van der Waals surface area contributed by atoms with E-state index in [9.17, 15) is 19.0 Å². The number of aromatic nitrogens is 2. The molecular formula is C14H19N3O4S. The van der Waals surface area contributed by atoms with Crippen LogP contribution in [0, 0.1) is 0 Å². The van der Waals surface area contributed by atoms with Gasteiger partial charge in [0.15, 0.2) is 0 Å². The highest BCUT2D eigenvalue weighted by Gasteiger charge is 2.29. The van der Waals surface area contributed by atoms with Crippen molar-refractivity contribution in [1.29, 1.82) is 0 Å². The first kappa shape index (κ1) is 15.1. The molecule has 3 N–H and O–H groups in total. The fraction of sp³-hybridized carbons (Fsp3) is 0.429. The minimum absolute atomic E-state index is 0.124. The number of benzene rings is 1. The Hall–Kier alpha value is -1.77. The molecular weight excluding hydrogens is 306 g/mol. The Labute approximate surface area is 129 Å². The Balaban J connectivity index is 2.23. The Morgan fingerprint density at radius 2 is 2.14 bits per heavy atom. The maximum atomic E-state index is 11.4. The zero-order valence-electron chi connectivity index (χ0n) is 12.3. The van der Waals surface area contributed by atoms with Crippen molar-refractivity contribution in [3.8, 4) is 0 Å². The molecule has 1 aliphatic rings. The van der Waals surface area contributed by atoms with E-state index < -0.39 is 16.7 Å². The third-order valence-electron chi connectivity index (χ3n) is 3.94. The lowest BCUT2D eigenvalue weighted by atomic mass is 10.1. The van der Waals surface area contributed by atoms with E-state index in [0.717, 1.165) is 12.8 Å². The zero-order valence-corrected chi connectivity index (χ0v) is 13.1. The van der Waals surface area contributed by atoms with Gasteiger partial charge in [0, 0.05) is 13.1 Å². The van der Waals surface area contributed by atoms with Gasteiger partial charge in [0.05, 0.1) is 28.8 Å². The van der Waals surface area contributed by atoms with Crippen LogP contribution in [-0.4, -0.2) is 42.0 Å². The van der Waals surface area contributed by atoms with Crippen molar-refractivity contribution in [2.45, 2.75) is 26.3 Å². The zero-order chi connectivity index (χ0) is 15.9. The standard InChI is InChI=1S/C14H19N3O4S/c1-2-16-9-15-13-11(16)7-10(14(18)19)8-12(13)17-5-3-4-6-22(17,20)21/h7-9,20-21H,2-6H2,1H3,(H,18,19). The lowest BCUT2D eigenvalue weighted by Gasteiger charge is -2.47. The summed E-state index contributed by atoms with van der Waals surface area (Å²) in [4.78, 5) is 15.7. The maximum Gasteiger partial charge on any atom is 0.335 e. The second-order valence-corrected chi connectivity index (χ2v) is 7.46. The number of imidazole rings is 1. The minimum atomic E-state index is -2.92. The fourth-order valence-electron chi connectivity index (χ4n) is 2.80. The normalized spacial score (nSPS) is 19.3. The van der Waals surface area contributed by atoms with Crippen LogP contribution in [0.4, 0.5) is 5.69 Å². The molecule has 0 spiro atoms. The van der Waals surface area contributed by atoms with Gasteiger partial charge in [-0.3, -0.25) is 13.4 Å². The molecule has 0 bridgehead atoms. The van der Waals surface area contributed by atoms with E-state index in [2.05, 4.69) is 4.98 Å². The van der Waals surface area contributed by atoms with Crippen molar-refractivity contribution in [3.05, 3.63) is 24.0 Å². The third kappa shape index (κ3) is 2.43. The number of carbonyl (C=O) groups is 1. The predicted molar refractivity (Wildman–Crippen MR) is 86.7 cm³/mol. The molecule has 0 saturated carbocycles. The van der Waals surface area contributed by atoms with Crippen LogP contribution < -0.4 is 4.31 Å². The highest BCUT2D eigenvalue weighted by molar-refractivity contribution is 8.25. The van der Waals surface area contributed by atoms with Gasteiger partial charge in [0.2, 0.25) is 0 Å². The third-order valence-corrected chi connectivity index (χ3v) is 5.87. The number of nitrogens with zero attached hydrogens (tertiary/aromatic N) is 3. The summed E-state index contributed by atoms with van der Waals surface area (Å²) in [7, 11) is -2.92. The van der Waals surface area contributed by atoms with Gasteiger partial charge in [0.25, 0.3) is 0 Å². The average molecular weight is 325 g/mol. The summed E-state index contributed by atoms with van der Waals surface area (Å²) in [5.41, 5.74) is 1.91. The van der Waals surface area contributed by atoms with Crippen LogP contribution >= 0.6 is 10.8 Å². The van der Waals surface area contributed by atoms with E-state index in [1.165, 1.54) is 10.4 Å². The molecule has 8 heteroatoms. The maximum absolute atomic E-state index is 11.4. The second-order valence-electron chi connectivity index (χ2n) is 5.34. The van der Waals surface area contributed by atoms with Crippen molar-refractivity contribution in [2.75, 3.05) is 16.6 Å². The Bertz CT molecular complexity index is 728. The van der Waals surface area contributed by atoms with Crippen LogP contribution in [0.15, 0.2) is 18.5 Å². The van der Waals surface area contributed by atoms with Gasteiger partial charge in [-0.2, -0.15) is 0 Å².